The zero-order valence-electron chi connectivity index (χ0n) is 8.33. The van der Waals surface area contributed by atoms with Crippen LogP contribution in [-0.4, -0.2) is 15.9 Å². The van der Waals surface area contributed by atoms with Crippen molar-refractivity contribution in [1.29, 1.82) is 0 Å². The van der Waals surface area contributed by atoms with Crippen molar-refractivity contribution in [2.75, 3.05) is 0 Å². The lowest BCUT2D eigenvalue weighted by atomic mass is 9.91. The van der Waals surface area contributed by atoms with Crippen LogP contribution in [0.5, 0.6) is 0 Å². The van der Waals surface area contributed by atoms with Gasteiger partial charge in [0.15, 0.2) is 0 Å². The molecule has 0 saturated heterocycles. The van der Waals surface area contributed by atoms with E-state index >= 15 is 0 Å². The summed E-state index contributed by atoms with van der Waals surface area (Å²) in [5, 5.41) is 4.05. The minimum Gasteiger partial charge on any atom is -0.270 e. The molecule has 1 rings (SSSR count). The molecule has 0 spiro atoms. The Labute approximate surface area is 77.3 Å². The first-order valence-corrected chi connectivity index (χ1v) is 4.07. The van der Waals surface area contributed by atoms with Gasteiger partial charge >= 0.3 is 0 Å². The third-order valence-corrected chi connectivity index (χ3v) is 1.80. The summed E-state index contributed by atoms with van der Waals surface area (Å²) in [5.41, 5.74) is 1.47. The third kappa shape index (κ3) is 1.84. The second-order valence-electron chi connectivity index (χ2n) is 3.96. The fourth-order valence-corrected chi connectivity index (χ4v) is 1.43. The maximum Gasteiger partial charge on any atom is 0.240 e. The van der Waals surface area contributed by atoms with Gasteiger partial charge in [0.1, 0.15) is 5.69 Å². The summed E-state index contributed by atoms with van der Waals surface area (Å²) in [7, 11) is 1.84. The second-order valence-corrected chi connectivity index (χ2v) is 3.96. The van der Waals surface area contributed by atoms with Gasteiger partial charge in [-0.15, -0.1) is 0 Å². The Balaban J connectivity index is 3.32. The maximum atomic E-state index is 10.1. The van der Waals surface area contributed by atoms with Crippen molar-refractivity contribution in [3.63, 3.8) is 0 Å². The molecular formula is C9H13N3O. The fourth-order valence-electron chi connectivity index (χ4n) is 1.43. The van der Waals surface area contributed by atoms with E-state index in [0.29, 0.717) is 5.69 Å². The molecule has 0 aromatic carbocycles. The lowest BCUT2D eigenvalue weighted by Gasteiger charge is -2.19. The average Bonchev–Trinajstić information content (AvgIpc) is 2.31. The van der Waals surface area contributed by atoms with Crippen LogP contribution in [0.1, 0.15) is 26.5 Å². The van der Waals surface area contributed by atoms with Crippen molar-refractivity contribution in [2.24, 2.45) is 12.0 Å². The molecule has 13 heavy (non-hydrogen) atoms. The van der Waals surface area contributed by atoms with Gasteiger partial charge in [-0.05, 0) is 0 Å². The van der Waals surface area contributed by atoms with Gasteiger partial charge in [-0.3, -0.25) is 4.68 Å². The van der Waals surface area contributed by atoms with Crippen molar-refractivity contribution in [3.05, 3.63) is 11.9 Å². The highest BCUT2D eigenvalue weighted by atomic mass is 16.1. The number of rotatable bonds is 1. The van der Waals surface area contributed by atoms with Crippen molar-refractivity contribution >= 4 is 11.8 Å². The molecule has 0 amide bonds. The van der Waals surface area contributed by atoms with E-state index in [2.05, 4.69) is 10.1 Å². The second kappa shape index (κ2) is 3.15. The molecule has 4 nitrogen and oxygen atoms in total. The van der Waals surface area contributed by atoms with Crippen molar-refractivity contribution in [2.45, 2.75) is 26.2 Å². The molecule has 0 N–H and O–H groups in total. The van der Waals surface area contributed by atoms with Gasteiger partial charge in [-0.1, -0.05) is 20.8 Å². The molecule has 0 atom stereocenters. The Kier molecular flexibility index (Phi) is 2.34. The van der Waals surface area contributed by atoms with Gasteiger partial charge in [0, 0.05) is 12.5 Å². The molecule has 0 saturated carbocycles. The van der Waals surface area contributed by atoms with Gasteiger partial charge in [0.2, 0.25) is 6.08 Å². The van der Waals surface area contributed by atoms with E-state index in [9.17, 15) is 4.79 Å². The number of aromatic nitrogens is 2. The van der Waals surface area contributed by atoms with Crippen LogP contribution in [0.2, 0.25) is 0 Å². The SMILES string of the molecule is Cn1ncc(N=C=O)c1C(C)(C)C. The number of hydrogen-bond acceptors (Lipinski definition) is 3. The predicted octanol–water partition coefficient (Wildman–Crippen LogP) is 1.68. The summed E-state index contributed by atoms with van der Waals surface area (Å²) in [5.74, 6) is 0. The summed E-state index contributed by atoms with van der Waals surface area (Å²) >= 11 is 0. The van der Waals surface area contributed by atoms with Crippen LogP contribution in [0.25, 0.3) is 0 Å². The fraction of sp³-hybridized carbons (Fsp3) is 0.556. The molecule has 0 fully saturated rings. The Morgan fingerprint density at radius 1 is 1.54 bits per heavy atom. The summed E-state index contributed by atoms with van der Waals surface area (Å²) in [4.78, 5) is 13.7. The van der Waals surface area contributed by atoms with Crippen LogP contribution in [0, 0.1) is 0 Å². The largest absolute Gasteiger partial charge is 0.270 e. The van der Waals surface area contributed by atoms with E-state index in [-0.39, 0.29) is 5.41 Å². The van der Waals surface area contributed by atoms with E-state index in [1.807, 2.05) is 27.8 Å². The van der Waals surface area contributed by atoms with Gasteiger partial charge in [-0.2, -0.15) is 10.1 Å². The molecule has 0 aliphatic carbocycles. The number of isocyanates is 1. The number of carbonyl (C=O) groups excluding carboxylic acids is 1. The molecule has 4 heteroatoms. The van der Waals surface area contributed by atoms with E-state index in [1.165, 1.54) is 6.08 Å². The smallest absolute Gasteiger partial charge is 0.240 e. The average molecular weight is 179 g/mol. The van der Waals surface area contributed by atoms with Gasteiger partial charge in [-0.25, -0.2) is 4.79 Å². The molecule has 0 unspecified atom stereocenters. The Morgan fingerprint density at radius 2 is 2.15 bits per heavy atom. The van der Waals surface area contributed by atoms with Crippen LogP contribution in [0.15, 0.2) is 11.2 Å². The van der Waals surface area contributed by atoms with Crippen LogP contribution in [0.4, 0.5) is 5.69 Å². The van der Waals surface area contributed by atoms with Gasteiger partial charge < -0.3 is 0 Å². The lowest BCUT2D eigenvalue weighted by Crippen LogP contribution is -2.16. The number of hydrogen-bond donors (Lipinski definition) is 0. The number of aliphatic imine (C=N–C) groups is 1. The van der Waals surface area contributed by atoms with Gasteiger partial charge in [0.25, 0.3) is 0 Å². The van der Waals surface area contributed by atoms with Crippen LogP contribution in [0.3, 0.4) is 0 Å². The Morgan fingerprint density at radius 3 is 2.62 bits per heavy atom. The minimum atomic E-state index is -0.0685. The highest BCUT2D eigenvalue weighted by Gasteiger charge is 2.22. The molecule has 1 aromatic rings. The standard InChI is InChI=1S/C9H13N3O/c1-9(2,3)8-7(10-6-13)5-11-12(8)4/h5H,1-4H3. The first-order chi connectivity index (χ1) is 5.96. The molecule has 0 bridgehead atoms. The summed E-state index contributed by atoms with van der Waals surface area (Å²) in [6, 6.07) is 0. The number of nitrogens with zero attached hydrogens (tertiary/aromatic N) is 3. The van der Waals surface area contributed by atoms with E-state index in [4.69, 9.17) is 0 Å². The van der Waals surface area contributed by atoms with Crippen molar-refractivity contribution in [3.8, 4) is 0 Å². The van der Waals surface area contributed by atoms with Crippen molar-refractivity contribution < 1.29 is 4.79 Å². The van der Waals surface area contributed by atoms with E-state index in [1.54, 1.807) is 10.9 Å². The zero-order valence-corrected chi connectivity index (χ0v) is 8.33. The molecule has 0 radical (unpaired) electrons. The summed E-state index contributed by atoms with van der Waals surface area (Å²) < 4.78 is 1.73. The summed E-state index contributed by atoms with van der Waals surface area (Å²) in [6.45, 7) is 6.15. The molecule has 70 valence electrons. The number of aryl methyl sites for hydroxylation is 1. The van der Waals surface area contributed by atoms with Crippen molar-refractivity contribution in [1.82, 2.24) is 9.78 Å². The maximum absolute atomic E-state index is 10.1. The van der Waals surface area contributed by atoms with Gasteiger partial charge in [0.05, 0.1) is 11.9 Å². The third-order valence-electron chi connectivity index (χ3n) is 1.80. The predicted molar refractivity (Wildman–Crippen MR) is 49.7 cm³/mol. The van der Waals surface area contributed by atoms with Crippen LogP contribution in [-0.2, 0) is 17.3 Å². The highest BCUT2D eigenvalue weighted by Crippen LogP contribution is 2.30. The molecular weight excluding hydrogens is 166 g/mol. The van der Waals surface area contributed by atoms with Crippen LogP contribution >= 0.6 is 0 Å². The Hall–Kier alpha value is -1.41. The minimum absolute atomic E-state index is 0.0685. The first-order valence-electron chi connectivity index (χ1n) is 4.07. The van der Waals surface area contributed by atoms with E-state index < -0.39 is 0 Å². The zero-order chi connectivity index (χ0) is 10.1. The normalized spacial score (nSPS) is 11.1. The van der Waals surface area contributed by atoms with E-state index in [0.717, 1.165) is 5.69 Å². The first kappa shape index (κ1) is 9.68. The quantitative estimate of drug-likeness (QED) is 0.486. The Bertz CT molecular complexity index is 353. The monoisotopic (exact) mass is 179 g/mol. The van der Waals surface area contributed by atoms with Crippen LogP contribution < -0.4 is 0 Å². The molecule has 0 aliphatic heterocycles. The molecule has 0 aliphatic rings. The topological polar surface area (TPSA) is 47.2 Å². The highest BCUT2D eigenvalue weighted by molar-refractivity contribution is 5.52. The summed E-state index contributed by atoms with van der Waals surface area (Å²) in [6.07, 6.45) is 3.11. The lowest BCUT2D eigenvalue weighted by molar-refractivity contribution is 0.524. The molecule has 1 aromatic heterocycles. The molecule has 1 heterocycles.